The van der Waals surface area contributed by atoms with Crippen molar-refractivity contribution in [2.75, 3.05) is 38.2 Å². The van der Waals surface area contributed by atoms with Crippen LogP contribution in [0.1, 0.15) is 30.5 Å². The SMILES string of the molecule is COc1ccccc1N1CCN(C2=C(c3ccc(C)c(C)c3)C(=O)N(C(C)C)C2=O)CC1. The van der Waals surface area contributed by atoms with Gasteiger partial charge in [-0.3, -0.25) is 14.5 Å². The van der Waals surface area contributed by atoms with Crippen LogP contribution >= 0.6 is 0 Å². The van der Waals surface area contributed by atoms with Gasteiger partial charge < -0.3 is 14.5 Å². The highest BCUT2D eigenvalue weighted by Gasteiger charge is 2.43. The Morgan fingerprint density at radius 3 is 2.12 bits per heavy atom. The van der Waals surface area contributed by atoms with Crippen molar-refractivity contribution < 1.29 is 14.3 Å². The monoisotopic (exact) mass is 433 g/mol. The maximum Gasteiger partial charge on any atom is 0.278 e. The highest BCUT2D eigenvalue weighted by molar-refractivity contribution is 6.35. The number of benzene rings is 2. The summed E-state index contributed by atoms with van der Waals surface area (Å²) in [5.41, 5.74) is 5.20. The first kappa shape index (κ1) is 21.9. The Balaban J connectivity index is 1.67. The zero-order valence-electron chi connectivity index (χ0n) is 19.5. The average Bonchev–Trinajstić information content (AvgIpc) is 3.05. The lowest BCUT2D eigenvalue weighted by atomic mass is 9.99. The maximum atomic E-state index is 13.4. The van der Waals surface area contributed by atoms with Gasteiger partial charge in [0.15, 0.2) is 0 Å². The van der Waals surface area contributed by atoms with Crippen molar-refractivity contribution in [3.63, 3.8) is 0 Å². The molecule has 2 aliphatic heterocycles. The van der Waals surface area contributed by atoms with E-state index in [4.69, 9.17) is 4.74 Å². The molecule has 0 bridgehead atoms. The van der Waals surface area contributed by atoms with E-state index in [0.29, 0.717) is 24.4 Å². The van der Waals surface area contributed by atoms with Gasteiger partial charge in [0.1, 0.15) is 11.4 Å². The van der Waals surface area contributed by atoms with E-state index < -0.39 is 0 Å². The number of ether oxygens (including phenoxy) is 1. The number of piperazine rings is 1. The predicted molar refractivity (Wildman–Crippen MR) is 127 cm³/mol. The molecule has 2 amide bonds. The van der Waals surface area contributed by atoms with E-state index >= 15 is 0 Å². The molecule has 0 atom stereocenters. The fourth-order valence-corrected chi connectivity index (χ4v) is 4.52. The van der Waals surface area contributed by atoms with E-state index in [0.717, 1.165) is 35.7 Å². The number of amides is 2. The molecular weight excluding hydrogens is 402 g/mol. The Morgan fingerprint density at radius 2 is 1.50 bits per heavy atom. The summed E-state index contributed by atoms with van der Waals surface area (Å²) in [6.07, 6.45) is 0. The third-order valence-electron chi connectivity index (χ3n) is 6.42. The van der Waals surface area contributed by atoms with Crippen LogP contribution in [0.5, 0.6) is 5.75 Å². The molecule has 2 aliphatic rings. The van der Waals surface area contributed by atoms with Crippen LogP contribution < -0.4 is 9.64 Å². The largest absolute Gasteiger partial charge is 0.495 e. The van der Waals surface area contributed by atoms with Crippen LogP contribution in [0.15, 0.2) is 48.2 Å². The van der Waals surface area contributed by atoms with Crippen LogP contribution in [0.2, 0.25) is 0 Å². The third kappa shape index (κ3) is 3.74. The molecule has 2 aromatic carbocycles. The molecule has 32 heavy (non-hydrogen) atoms. The number of para-hydroxylation sites is 2. The lowest BCUT2D eigenvalue weighted by Gasteiger charge is -2.38. The first-order chi connectivity index (χ1) is 15.3. The second kappa shape index (κ2) is 8.69. The van der Waals surface area contributed by atoms with E-state index in [1.54, 1.807) is 7.11 Å². The van der Waals surface area contributed by atoms with Gasteiger partial charge in [0.2, 0.25) is 0 Å². The standard InChI is InChI=1S/C26H31N3O3/c1-17(2)29-25(30)23(20-11-10-18(3)19(4)16-20)24(26(29)31)28-14-12-27(13-15-28)21-8-6-7-9-22(21)32-5/h6-11,16-17H,12-15H2,1-5H3. The van der Waals surface area contributed by atoms with Gasteiger partial charge in [0.25, 0.3) is 11.8 Å². The fourth-order valence-electron chi connectivity index (χ4n) is 4.52. The summed E-state index contributed by atoms with van der Waals surface area (Å²) in [7, 11) is 1.68. The van der Waals surface area contributed by atoms with Crippen LogP contribution in [0.3, 0.4) is 0 Å². The van der Waals surface area contributed by atoms with E-state index in [1.165, 1.54) is 10.5 Å². The lowest BCUT2D eigenvalue weighted by Crippen LogP contribution is -2.48. The molecule has 6 heteroatoms. The topological polar surface area (TPSA) is 53.1 Å². The van der Waals surface area contributed by atoms with Crippen LogP contribution in [-0.4, -0.2) is 60.9 Å². The van der Waals surface area contributed by atoms with E-state index in [1.807, 2.05) is 64.1 Å². The number of methoxy groups -OCH3 is 1. The van der Waals surface area contributed by atoms with Crippen molar-refractivity contribution in [3.05, 3.63) is 64.9 Å². The van der Waals surface area contributed by atoms with E-state index in [9.17, 15) is 9.59 Å². The molecule has 0 radical (unpaired) electrons. The lowest BCUT2D eigenvalue weighted by molar-refractivity contribution is -0.139. The van der Waals surface area contributed by atoms with Crippen LogP contribution in [0.25, 0.3) is 5.57 Å². The molecule has 4 rings (SSSR count). The average molecular weight is 434 g/mol. The molecule has 0 saturated carbocycles. The summed E-state index contributed by atoms with van der Waals surface area (Å²) in [5.74, 6) is 0.452. The summed E-state index contributed by atoms with van der Waals surface area (Å²) >= 11 is 0. The number of rotatable bonds is 5. The molecule has 1 fully saturated rings. The van der Waals surface area contributed by atoms with Crippen molar-refractivity contribution in [1.29, 1.82) is 0 Å². The second-order valence-corrected chi connectivity index (χ2v) is 8.74. The fraction of sp³-hybridized carbons (Fsp3) is 0.385. The first-order valence-corrected chi connectivity index (χ1v) is 11.2. The van der Waals surface area contributed by atoms with Crippen molar-refractivity contribution in [1.82, 2.24) is 9.80 Å². The van der Waals surface area contributed by atoms with Crippen LogP contribution in [0.4, 0.5) is 5.69 Å². The van der Waals surface area contributed by atoms with Crippen molar-refractivity contribution in [2.45, 2.75) is 33.7 Å². The number of carbonyl (C=O) groups excluding carboxylic acids is 2. The normalized spacial score (nSPS) is 17.1. The minimum atomic E-state index is -0.199. The molecule has 2 aromatic rings. The predicted octanol–water partition coefficient (Wildman–Crippen LogP) is 3.62. The highest BCUT2D eigenvalue weighted by Crippen LogP contribution is 2.35. The van der Waals surface area contributed by atoms with Gasteiger partial charge in [-0.15, -0.1) is 0 Å². The number of anilines is 1. The zero-order valence-corrected chi connectivity index (χ0v) is 19.5. The van der Waals surface area contributed by atoms with Gasteiger partial charge in [-0.1, -0.05) is 30.3 Å². The molecule has 168 valence electrons. The quantitative estimate of drug-likeness (QED) is 0.674. The Hall–Kier alpha value is -3.28. The van der Waals surface area contributed by atoms with Gasteiger partial charge >= 0.3 is 0 Å². The molecular formula is C26H31N3O3. The Bertz CT molecular complexity index is 1080. The van der Waals surface area contributed by atoms with Crippen LogP contribution in [-0.2, 0) is 9.59 Å². The van der Waals surface area contributed by atoms with Gasteiger partial charge in [-0.05, 0) is 56.5 Å². The van der Waals surface area contributed by atoms with Crippen molar-refractivity contribution in [2.24, 2.45) is 0 Å². The molecule has 0 unspecified atom stereocenters. The Kier molecular flexibility index (Phi) is 5.96. The highest BCUT2D eigenvalue weighted by atomic mass is 16.5. The molecule has 0 N–H and O–H groups in total. The molecule has 0 spiro atoms. The summed E-state index contributed by atoms with van der Waals surface area (Å²) in [6.45, 7) is 10.7. The van der Waals surface area contributed by atoms with Gasteiger partial charge in [-0.2, -0.15) is 0 Å². The maximum absolute atomic E-state index is 13.4. The molecule has 6 nitrogen and oxygen atoms in total. The number of carbonyl (C=O) groups is 2. The van der Waals surface area contributed by atoms with Gasteiger partial charge in [0, 0.05) is 32.2 Å². The summed E-state index contributed by atoms with van der Waals surface area (Å²) in [4.78, 5) is 32.5. The van der Waals surface area contributed by atoms with Gasteiger partial charge in [-0.25, -0.2) is 0 Å². The zero-order chi connectivity index (χ0) is 23.0. The van der Waals surface area contributed by atoms with E-state index in [-0.39, 0.29) is 17.9 Å². The smallest absolute Gasteiger partial charge is 0.278 e. The third-order valence-corrected chi connectivity index (χ3v) is 6.42. The second-order valence-electron chi connectivity index (χ2n) is 8.74. The molecule has 2 heterocycles. The van der Waals surface area contributed by atoms with Crippen molar-refractivity contribution >= 4 is 23.1 Å². The Labute approximate surface area is 190 Å². The summed E-state index contributed by atoms with van der Waals surface area (Å²) in [5, 5.41) is 0. The Morgan fingerprint density at radius 1 is 0.844 bits per heavy atom. The number of nitrogens with zero attached hydrogens (tertiary/aromatic N) is 3. The first-order valence-electron chi connectivity index (χ1n) is 11.2. The summed E-state index contributed by atoms with van der Waals surface area (Å²) < 4.78 is 5.52. The van der Waals surface area contributed by atoms with Gasteiger partial charge in [0.05, 0.1) is 18.4 Å². The van der Waals surface area contributed by atoms with Crippen LogP contribution in [0, 0.1) is 13.8 Å². The molecule has 0 aliphatic carbocycles. The molecule has 0 aromatic heterocycles. The molecule has 1 saturated heterocycles. The number of hydrogen-bond donors (Lipinski definition) is 0. The van der Waals surface area contributed by atoms with Crippen molar-refractivity contribution in [3.8, 4) is 5.75 Å². The minimum absolute atomic E-state index is 0.191. The van der Waals surface area contributed by atoms with E-state index in [2.05, 4.69) is 15.9 Å². The minimum Gasteiger partial charge on any atom is -0.495 e. The number of imide groups is 1. The number of aryl methyl sites for hydroxylation is 2. The number of hydrogen-bond acceptors (Lipinski definition) is 5. The summed E-state index contributed by atoms with van der Waals surface area (Å²) in [6, 6.07) is 13.8.